The van der Waals surface area contributed by atoms with Gasteiger partial charge in [0.25, 0.3) is 15.9 Å². The van der Waals surface area contributed by atoms with Crippen molar-refractivity contribution in [2.24, 2.45) is 16.8 Å². The van der Waals surface area contributed by atoms with Gasteiger partial charge in [-0.1, -0.05) is 79.4 Å². The van der Waals surface area contributed by atoms with Crippen molar-refractivity contribution < 1.29 is 32.6 Å². The number of hydrogen-bond acceptors (Lipinski definition) is 11. The molecule has 59 heavy (non-hydrogen) atoms. The fourth-order valence-electron chi connectivity index (χ4n) is 8.73. The number of thiazole rings is 1. The van der Waals surface area contributed by atoms with Crippen molar-refractivity contribution in [2.75, 3.05) is 19.6 Å². The van der Waals surface area contributed by atoms with Crippen LogP contribution < -0.4 is 20.9 Å². The maximum atomic E-state index is 15.0. The second-order valence-electron chi connectivity index (χ2n) is 15.7. The molecule has 3 aromatic carbocycles. The van der Waals surface area contributed by atoms with E-state index in [9.17, 15) is 27.9 Å². The molecule has 1 saturated carbocycles. The average Bonchev–Trinajstić information content (AvgIpc) is 3.91. The van der Waals surface area contributed by atoms with Crippen molar-refractivity contribution >= 4 is 55.7 Å². The van der Waals surface area contributed by atoms with Crippen molar-refractivity contribution in [1.82, 2.24) is 30.8 Å². The molecule has 2 amide bonds. The van der Waals surface area contributed by atoms with E-state index in [1.54, 1.807) is 12.1 Å². The number of carbonyl (C=O) groups is 3. The van der Waals surface area contributed by atoms with Crippen LogP contribution in [0.15, 0.2) is 88.8 Å². The number of fused-ring (bicyclic) bond motifs is 2. The number of amides is 2. The van der Waals surface area contributed by atoms with Gasteiger partial charge in [0.2, 0.25) is 11.4 Å². The molecule has 0 spiro atoms. The Morgan fingerprint density at radius 1 is 1.03 bits per heavy atom. The largest absolute Gasteiger partial charge is 0.459 e. The highest BCUT2D eigenvalue weighted by Gasteiger charge is 2.59. The Morgan fingerprint density at radius 3 is 2.59 bits per heavy atom. The molecule has 16 heteroatoms. The molecule has 3 aliphatic rings. The van der Waals surface area contributed by atoms with E-state index in [0.29, 0.717) is 35.8 Å². The third-order valence-electron chi connectivity index (χ3n) is 11.9. The molecule has 3 fully saturated rings. The van der Waals surface area contributed by atoms with Crippen molar-refractivity contribution in [3.63, 3.8) is 0 Å². The molecule has 2 aliphatic heterocycles. The number of hydrogen-bond donors (Lipinski definition) is 5. The summed E-state index contributed by atoms with van der Waals surface area (Å²) in [5.74, 6) is -1.26. The molecule has 4 aromatic rings. The maximum Gasteiger partial charge on any atom is 0.342 e. The monoisotopic (exact) mass is 843 g/mol. The number of benzene rings is 3. The first-order chi connectivity index (χ1) is 28.6. The highest BCUT2D eigenvalue weighted by atomic mass is 32.2. The minimum Gasteiger partial charge on any atom is -0.459 e. The number of carbonyl (C=O) groups excluding carboxylic acids is 3. The van der Waals surface area contributed by atoms with Gasteiger partial charge in [0.1, 0.15) is 17.7 Å². The van der Waals surface area contributed by atoms with Gasteiger partial charge >= 0.3 is 5.97 Å². The lowest BCUT2D eigenvalue weighted by Crippen LogP contribution is -2.67. The maximum absolute atomic E-state index is 15.0. The third kappa shape index (κ3) is 9.68. The Bertz CT molecular complexity index is 2180. The zero-order chi connectivity index (χ0) is 41.4. The molecule has 1 unspecified atom stereocenters. The summed E-state index contributed by atoms with van der Waals surface area (Å²) in [6, 6.07) is 21.7. The van der Waals surface area contributed by atoms with Gasteiger partial charge in [0.05, 0.1) is 33.5 Å². The second-order valence-corrected chi connectivity index (χ2v) is 18.5. The molecule has 3 heterocycles. The molecule has 5 N–H and O–H groups in total. The van der Waals surface area contributed by atoms with E-state index in [1.807, 2.05) is 61.5 Å². The van der Waals surface area contributed by atoms with E-state index in [2.05, 4.69) is 30.9 Å². The number of nitrogens with zero attached hydrogens (tertiary/aromatic N) is 3. The molecule has 1 aromatic heterocycles. The molecule has 2 saturated heterocycles. The van der Waals surface area contributed by atoms with Gasteiger partial charge in [-0.05, 0) is 93.7 Å². The van der Waals surface area contributed by atoms with Crippen LogP contribution in [0.25, 0.3) is 10.2 Å². The fourth-order valence-corrected chi connectivity index (χ4v) is 10.6. The SMILES string of the molecule is Cc1ccc(S(=O)(=O)NNC=NCCC[C@H](NC(=O)[C@]2(C(=O)OCc3ccccc3)CCCN2C(=O)C2NCC[C@H]3CCCC[C@@H]23)[C@@H](O)c2nc3ccccc3s2)cc1. The molecule has 0 radical (unpaired) electrons. The number of likely N-dealkylation sites (tertiary alicyclic amines) is 1. The summed E-state index contributed by atoms with van der Waals surface area (Å²) in [5.41, 5.74) is 2.93. The van der Waals surface area contributed by atoms with E-state index in [-0.39, 0.29) is 49.3 Å². The first kappa shape index (κ1) is 42.4. The van der Waals surface area contributed by atoms with Gasteiger partial charge in [0.15, 0.2) is 0 Å². The summed E-state index contributed by atoms with van der Waals surface area (Å²) >= 11 is 1.31. The Labute approximate surface area is 349 Å². The zero-order valence-corrected chi connectivity index (χ0v) is 34.8. The first-order valence-electron chi connectivity index (χ1n) is 20.5. The molecule has 6 atom stereocenters. The zero-order valence-electron chi connectivity index (χ0n) is 33.2. The molecular formula is C43H53N7O7S2. The summed E-state index contributed by atoms with van der Waals surface area (Å²) in [5, 5.41) is 18.8. The van der Waals surface area contributed by atoms with Crippen LogP contribution in [0, 0.1) is 18.8 Å². The number of ether oxygens (including phenoxy) is 1. The summed E-state index contributed by atoms with van der Waals surface area (Å²) in [6.07, 6.45) is 6.17. The van der Waals surface area contributed by atoms with Crippen LogP contribution in [-0.2, 0) is 35.8 Å². The Hall–Kier alpha value is -4.74. The number of aryl methyl sites for hydroxylation is 1. The van der Waals surface area contributed by atoms with Gasteiger partial charge in [-0.2, -0.15) is 0 Å². The Morgan fingerprint density at radius 2 is 1.80 bits per heavy atom. The number of sulfonamides is 1. The summed E-state index contributed by atoms with van der Waals surface area (Å²) in [6.45, 7) is 2.91. The Kier molecular flexibility index (Phi) is 13.7. The van der Waals surface area contributed by atoms with E-state index >= 15 is 0 Å². The van der Waals surface area contributed by atoms with Crippen molar-refractivity contribution in [2.45, 2.75) is 99.9 Å². The first-order valence-corrected chi connectivity index (χ1v) is 22.8. The molecule has 1 aliphatic carbocycles. The minimum atomic E-state index is -3.82. The highest BCUT2D eigenvalue weighted by molar-refractivity contribution is 7.89. The lowest BCUT2D eigenvalue weighted by Gasteiger charge is -2.44. The van der Waals surface area contributed by atoms with Crippen molar-refractivity contribution in [1.29, 1.82) is 0 Å². The van der Waals surface area contributed by atoms with Crippen molar-refractivity contribution in [3.8, 4) is 0 Å². The standard InChI is InChI=1S/C43H53N7O7S2/c1-29-18-20-32(21-19-29)59(55,56)49-46-28-44-24-9-16-35(38(51)39-47-34-15-7-8-17-36(34)58-39)48-41(53)43(42(54)57-27-30-11-3-2-4-12-30)23-10-26-50(43)40(52)37-33-14-6-5-13-31(33)22-25-45-37/h2-4,7-8,11-12,15,17-21,28,31,33,35,37-38,45,49,51H,5-6,9-10,13-14,16,22-27H2,1H3,(H,44,46)(H,48,53)/t31-,33-,35+,37?,38-,43+/m1/s1. The van der Waals surface area contributed by atoms with Crippen molar-refractivity contribution in [3.05, 3.63) is 95.0 Å². The molecule has 314 valence electrons. The van der Waals surface area contributed by atoms with E-state index in [4.69, 9.17) is 4.74 Å². The second kappa shape index (κ2) is 19.1. The number of aromatic nitrogens is 1. The van der Waals surface area contributed by atoms with Crippen LogP contribution in [0.2, 0.25) is 0 Å². The van der Waals surface area contributed by atoms with Gasteiger partial charge < -0.3 is 25.4 Å². The molecule has 7 rings (SSSR count). The van der Waals surface area contributed by atoms with Gasteiger partial charge in [-0.25, -0.2) is 18.2 Å². The number of aliphatic hydroxyl groups is 1. The van der Waals surface area contributed by atoms with Crippen LogP contribution in [0.1, 0.15) is 80.0 Å². The van der Waals surface area contributed by atoms with Crippen LogP contribution in [-0.4, -0.2) is 84.8 Å². The lowest BCUT2D eigenvalue weighted by atomic mass is 9.71. The lowest BCUT2D eigenvalue weighted by molar-refractivity contribution is -0.169. The summed E-state index contributed by atoms with van der Waals surface area (Å²) in [4.78, 5) is 56.9. The number of esters is 1. The highest BCUT2D eigenvalue weighted by Crippen LogP contribution is 2.40. The van der Waals surface area contributed by atoms with Crippen LogP contribution in [0.3, 0.4) is 0 Å². The number of piperidine rings is 1. The van der Waals surface area contributed by atoms with Crippen LogP contribution in [0.4, 0.5) is 0 Å². The smallest absolute Gasteiger partial charge is 0.342 e. The molecule has 14 nitrogen and oxygen atoms in total. The normalized spacial score (nSPS) is 23.1. The Balaban J connectivity index is 1.11. The minimum absolute atomic E-state index is 0.0669. The predicted octanol–water partition coefficient (Wildman–Crippen LogP) is 4.69. The average molecular weight is 844 g/mol. The van der Waals surface area contributed by atoms with Gasteiger partial charge in [-0.15, -0.1) is 16.2 Å². The predicted molar refractivity (Wildman–Crippen MR) is 226 cm³/mol. The van der Waals surface area contributed by atoms with Crippen LogP contribution in [0.5, 0.6) is 0 Å². The topological polar surface area (TPSA) is 191 Å². The quantitative estimate of drug-likeness (QED) is 0.0264. The third-order valence-corrected chi connectivity index (χ3v) is 14.2. The number of nitrogens with one attached hydrogen (secondary N) is 4. The van der Waals surface area contributed by atoms with E-state index in [0.717, 1.165) is 47.9 Å². The number of aliphatic hydroxyl groups excluding tert-OH is 1. The summed E-state index contributed by atoms with van der Waals surface area (Å²) in [7, 11) is -3.82. The summed E-state index contributed by atoms with van der Waals surface area (Å²) < 4.78 is 32.1. The van der Waals surface area contributed by atoms with Crippen LogP contribution >= 0.6 is 11.3 Å². The number of rotatable bonds is 16. The fraction of sp³-hybridized carbons (Fsp3) is 0.465. The van der Waals surface area contributed by atoms with E-state index in [1.165, 1.54) is 34.7 Å². The van der Waals surface area contributed by atoms with E-state index < -0.39 is 45.6 Å². The number of para-hydroxylation sites is 1. The molecular weight excluding hydrogens is 791 g/mol. The van der Waals surface area contributed by atoms with Gasteiger partial charge in [0, 0.05) is 13.1 Å². The number of hydrazine groups is 1. The van der Waals surface area contributed by atoms with Gasteiger partial charge in [-0.3, -0.25) is 20.0 Å². The molecule has 0 bridgehead atoms. The number of aliphatic imine (C=N–C) groups is 1.